The topological polar surface area (TPSA) is 0 Å². The van der Waals surface area contributed by atoms with E-state index in [1.54, 1.807) is 18.2 Å². The van der Waals surface area contributed by atoms with Crippen LogP contribution in [0.15, 0.2) is 42.5 Å². The average molecular weight is 196 g/mol. The monoisotopic (exact) mass is 196 g/mol. The predicted molar refractivity (Wildman–Crippen MR) is 54.4 cm³/mol. The molecule has 1 aromatic carbocycles. The second-order valence-corrected chi connectivity index (χ2v) is 3.18. The largest absolute Gasteiger partial charge is 0.291 e. The molecule has 0 fully saturated rings. The number of allylic oxidation sites excluding steroid dienone is 2. The first kappa shape index (κ1) is 10.9. The summed E-state index contributed by atoms with van der Waals surface area (Å²) >= 11 is 0. The Kier molecular flexibility index (Phi) is 3.81. The zero-order valence-corrected chi connectivity index (χ0v) is 8.21. The van der Waals surface area contributed by atoms with Crippen molar-refractivity contribution >= 4 is 0 Å². The Morgan fingerprint density at radius 3 is 2.43 bits per heavy atom. The molecule has 1 rings (SSSR count). The summed E-state index contributed by atoms with van der Waals surface area (Å²) in [4.78, 5) is 0. The molecule has 0 unspecified atom stereocenters. The van der Waals surface area contributed by atoms with E-state index in [4.69, 9.17) is 0 Å². The number of alkyl halides is 2. The van der Waals surface area contributed by atoms with Gasteiger partial charge in [-0.1, -0.05) is 49.8 Å². The fourth-order valence-electron chi connectivity index (χ4n) is 1.15. The molecule has 76 valence electrons. The third-order valence-corrected chi connectivity index (χ3v) is 1.94. The Balaban J connectivity index is 2.75. The zero-order valence-electron chi connectivity index (χ0n) is 8.21. The number of rotatable bonds is 4. The van der Waals surface area contributed by atoms with Crippen LogP contribution in [0.25, 0.3) is 0 Å². The van der Waals surface area contributed by atoms with Crippen molar-refractivity contribution < 1.29 is 8.78 Å². The van der Waals surface area contributed by atoms with Gasteiger partial charge in [-0.15, -0.1) is 0 Å². The van der Waals surface area contributed by atoms with Crippen LogP contribution < -0.4 is 0 Å². The molecule has 1 aromatic rings. The summed E-state index contributed by atoms with van der Waals surface area (Å²) < 4.78 is 26.8. The van der Waals surface area contributed by atoms with Gasteiger partial charge in [-0.2, -0.15) is 8.78 Å². The Hall–Kier alpha value is -1.18. The average Bonchev–Trinajstić information content (AvgIpc) is 2.19. The normalized spacial score (nSPS) is 12.2. The van der Waals surface area contributed by atoms with Crippen LogP contribution in [0.3, 0.4) is 0 Å². The molecule has 0 nitrogen and oxygen atoms in total. The van der Waals surface area contributed by atoms with Crippen molar-refractivity contribution in [3.63, 3.8) is 0 Å². The lowest BCUT2D eigenvalue weighted by Gasteiger charge is -2.11. The Morgan fingerprint density at radius 2 is 1.86 bits per heavy atom. The highest BCUT2D eigenvalue weighted by atomic mass is 19.3. The molecule has 0 saturated carbocycles. The Morgan fingerprint density at radius 1 is 1.21 bits per heavy atom. The third kappa shape index (κ3) is 2.95. The van der Waals surface area contributed by atoms with Gasteiger partial charge in [-0.3, -0.25) is 0 Å². The summed E-state index contributed by atoms with van der Waals surface area (Å²) in [5, 5.41) is 0. The van der Waals surface area contributed by atoms with Crippen molar-refractivity contribution in [1.82, 2.24) is 0 Å². The van der Waals surface area contributed by atoms with Crippen molar-refractivity contribution in [1.29, 1.82) is 0 Å². The first-order chi connectivity index (χ1) is 6.67. The van der Waals surface area contributed by atoms with Crippen molar-refractivity contribution in [3.05, 3.63) is 48.0 Å². The van der Waals surface area contributed by atoms with Crippen LogP contribution in [0.1, 0.15) is 25.3 Å². The fraction of sp³-hybridized carbons (Fsp3) is 0.333. The van der Waals surface area contributed by atoms with Crippen LogP contribution in [0.5, 0.6) is 0 Å². The lowest BCUT2D eigenvalue weighted by Crippen LogP contribution is -2.08. The zero-order chi connectivity index (χ0) is 10.4. The number of halogens is 2. The predicted octanol–water partition coefficient (Wildman–Crippen LogP) is 4.13. The van der Waals surface area contributed by atoms with E-state index in [0.717, 1.165) is 12.5 Å². The van der Waals surface area contributed by atoms with Crippen molar-refractivity contribution in [2.24, 2.45) is 0 Å². The van der Waals surface area contributed by atoms with E-state index >= 15 is 0 Å². The molecule has 0 aliphatic rings. The van der Waals surface area contributed by atoms with Crippen LogP contribution in [0.2, 0.25) is 0 Å². The lowest BCUT2D eigenvalue weighted by molar-refractivity contribution is 0.0518. The van der Waals surface area contributed by atoms with Gasteiger partial charge in [0.05, 0.1) is 0 Å². The highest BCUT2D eigenvalue weighted by molar-refractivity contribution is 5.24. The number of benzene rings is 1. The molecule has 0 spiro atoms. The second kappa shape index (κ2) is 4.89. The molecule has 14 heavy (non-hydrogen) atoms. The molecule has 0 aliphatic heterocycles. The van der Waals surface area contributed by atoms with Crippen molar-refractivity contribution in [2.45, 2.75) is 25.7 Å². The quantitative estimate of drug-likeness (QED) is 0.635. The highest BCUT2D eigenvalue weighted by Crippen LogP contribution is 2.29. The van der Waals surface area contributed by atoms with Crippen LogP contribution in [0.4, 0.5) is 8.78 Å². The molecule has 0 aromatic heterocycles. The van der Waals surface area contributed by atoms with Crippen LogP contribution in [-0.4, -0.2) is 0 Å². The van der Waals surface area contributed by atoms with Gasteiger partial charge in [-0.25, -0.2) is 0 Å². The fourth-order valence-corrected chi connectivity index (χ4v) is 1.15. The summed E-state index contributed by atoms with van der Waals surface area (Å²) in [6.45, 7) is 1.96. The first-order valence-corrected chi connectivity index (χ1v) is 4.78. The van der Waals surface area contributed by atoms with Gasteiger partial charge in [0.15, 0.2) is 0 Å². The maximum Gasteiger partial charge on any atom is 0.291 e. The Labute approximate surface area is 83.3 Å². The molecule has 0 aliphatic carbocycles. The van der Waals surface area contributed by atoms with E-state index in [0.29, 0.717) is 6.42 Å². The van der Waals surface area contributed by atoms with Gasteiger partial charge in [0.1, 0.15) is 0 Å². The number of hydrogen-bond donors (Lipinski definition) is 0. The molecule has 0 bridgehead atoms. The second-order valence-electron chi connectivity index (χ2n) is 3.18. The molecular formula is C12H14F2. The van der Waals surface area contributed by atoms with Gasteiger partial charge in [0.25, 0.3) is 5.92 Å². The number of hydrogen-bond acceptors (Lipinski definition) is 0. The maximum absolute atomic E-state index is 13.4. The minimum Gasteiger partial charge on any atom is -0.197 e. The number of unbranched alkanes of at least 4 members (excludes halogenated alkanes) is 1. The summed E-state index contributed by atoms with van der Waals surface area (Å²) in [6, 6.07) is 7.86. The molecule has 0 saturated heterocycles. The standard InChI is InChI=1S/C12H14F2/c1-2-3-7-10-12(13,14)11-8-5-4-6-9-11/h4-10H,2-3H2,1H3/b10-7-. The molecule has 0 heterocycles. The van der Waals surface area contributed by atoms with Crippen LogP contribution >= 0.6 is 0 Å². The first-order valence-electron chi connectivity index (χ1n) is 4.78. The highest BCUT2D eigenvalue weighted by Gasteiger charge is 2.26. The summed E-state index contributed by atoms with van der Waals surface area (Å²) in [7, 11) is 0. The minimum atomic E-state index is -2.84. The van der Waals surface area contributed by atoms with Gasteiger partial charge >= 0.3 is 0 Å². The SMILES string of the molecule is CCC/C=C\C(F)(F)c1ccccc1. The summed E-state index contributed by atoms with van der Waals surface area (Å²) in [5.74, 6) is -2.84. The molecule has 0 amide bonds. The maximum atomic E-state index is 13.4. The van der Waals surface area contributed by atoms with Crippen LogP contribution in [-0.2, 0) is 5.92 Å². The lowest BCUT2D eigenvalue weighted by atomic mass is 10.1. The molecular weight excluding hydrogens is 182 g/mol. The molecule has 0 atom stereocenters. The van der Waals surface area contributed by atoms with E-state index < -0.39 is 5.92 Å². The van der Waals surface area contributed by atoms with E-state index in [1.807, 2.05) is 6.92 Å². The van der Waals surface area contributed by atoms with E-state index in [-0.39, 0.29) is 5.56 Å². The molecule has 2 heteroatoms. The van der Waals surface area contributed by atoms with E-state index in [9.17, 15) is 8.78 Å². The molecule has 0 N–H and O–H groups in total. The summed E-state index contributed by atoms with van der Waals surface area (Å²) in [6.07, 6.45) is 4.10. The minimum absolute atomic E-state index is 0.0485. The summed E-state index contributed by atoms with van der Waals surface area (Å²) in [5.41, 5.74) is 0.0485. The van der Waals surface area contributed by atoms with Crippen LogP contribution in [0, 0.1) is 0 Å². The smallest absolute Gasteiger partial charge is 0.197 e. The van der Waals surface area contributed by atoms with E-state index in [2.05, 4.69) is 0 Å². The third-order valence-electron chi connectivity index (χ3n) is 1.94. The molecule has 0 radical (unpaired) electrons. The van der Waals surface area contributed by atoms with Gasteiger partial charge in [0.2, 0.25) is 0 Å². The van der Waals surface area contributed by atoms with Gasteiger partial charge in [0, 0.05) is 5.56 Å². The van der Waals surface area contributed by atoms with E-state index in [1.165, 1.54) is 18.2 Å². The Bertz CT molecular complexity index is 288. The van der Waals surface area contributed by atoms with Gasteiger partial charge < -0.3 is 0 Å². The van der Waals surface area contributed by atoms with Crippen molar-refractivity contribution in [2.75, 3.05) is 0 Å². The van der Waals surface area contributed by atoms with Gasteiger partial charge in [-0.05, 0) is 12.5 Å². The van der Waals surface area contributed by atoms with Crippen molar-refractivity contribution in [3.8, 4) is 0 Å².